The van der Waals surface area contributed by atoms with Crippen LogP contribution < -0.4 is 5.56 Å². The van der Waals surface area contributed by atoms with Crippen molar-refractivity contribution < 1.29 is 4.92 Å². The molecule has 26 heavy (non-hydrogen) atoms. The number of hydrogen-bond donors (Lipinski definition) is 1. The van der Waals surface area contributed by atoms with Crippen LogP contribution in [0.2, 0.25) is 5.02 Å². The third-order valence-corrected chi connectivity index (χ3v) is 4.24. The van der Waals surface area contributed by atoms with Gasteiger partial charge >= 0.3 is 0 Å². The zero-order valence-electron chi connectivity index (χ0n) is 13.9. The summed E-state index contributed by atoms with van der Waals surface area (Å²) < 4.78 is 1.35. The van der Waals surface area contributed by atoms with Crippen LogP contribution in [0.15, 0.2) is 57.5 Å². The number of aryl methyl sites for hydroxylation is 1. The fourth-order valence-electron chi connectivity index (χ4n) is 2.44. The lowest BCUT2D eigenvalue weighted by molar-refractivity contribution is -0.384. The third kappa shape index (κ3) is 3.27. The van der Waals surface area contributed by atoms with E-state index < -0.39 is 4.92 Å². The van der Waals surface area contributed by atoms with E-state index >= 15 is 0 Å². The summed E-state index contributed by atoms with van der Waals surface area (Å²) in [5, 5.41) is 22.2. The monoisotopic (exact) mass is 371 g/mol. The van der Waals surface area contributed by atoms with E-state index in [1.54, 1.807) is 31.2 Å². The van der Waals surface area contributed by atoms with E-state index in [4.69, 9.17) is 11.6 Å². The largest absolute Gasteiger partial charge is 0.299 e. The molecule has 3 rings (SSSR count). The maximum atomic E-state index is 12.7. The predicted molar refractivity (Wildman–Crippen MR) is 98.1 cm³/mol. The van der Waals surface area contributed by atoms with Crippen LogP contribution in [0.3, 0.4) is 0 Å². The molecule has 0 saturated carbocycles. The summed E-state index contributed by atoms with van der Waals surface area (Å²) in [4.78, 5) is 23.0. The number of nitrogens with one attached hydrogen (secondary N) is 1. The smallest absolute Gasteiger partial charge is 0.293 e. The van der Waals surface area contributed by atoms with Gasteiger partial charge in [0.15, 0.2) is 5.69 Å². The summed E-state index contributed by atoms with van der Waals surface area (Å²) in [6.45, 7) is 3.50. The minimum Gasteiger partial charge on any atom is -0.293 e. The average Bonchev–Trinajstić information content (AvgIpc) is 2.90. The van der Waals surface area contributed by atoms with Crippen LogP contribution in [0.25, 0.3) is 5.69 Å². The van der Waals surface area contributed by atoms with Gasteiger partial charge in [-0.05, 0) is 37.6 Å². The number of nitro groups is 1. The molecule has 0 fully saturated rings. The first-order valence-corrected chi connectivity index (χ1v) is 7.99. The molecule has 0 unspecified atom stereocenters. The number of aromatic amines is 1. The number of halogens is 1. The predicted octanol–water partition coefficient (Wildman–Crippen LogP) is 4.76. The SMILES string of the molecule is Cc1[nH]n(-c2cccc(Cl)c2C)c(=O)c1N=Nc1cccc([N+](=O)[O-])c1. The maximum absolute atomic E-state index is 12.7. The highest BCUT2D eigenvalue weighted by Crippen LogP contribution is 2.24. The Kier molecular flexibility index (Phi) is 4.68. The standard InChI is InChI=1S/C17H14ClN5O3/c1-10-14(18)7-4-8-15(10)22-17(24)16(11(2)21-22)20-19-12-5-3-6-13(9-12)23(25)26/h3-9,21H,1-2H3. The first-order valence-electron chi connectivity index (χ1n) is 7.62. The van der Waals surface area contributed by atoms with Gasteiger partial charge in [-0.3, -0.25) is 20.0 Å². The number of rotatable bonds is 4. The van der Waals surface area contributed by atoms with Gasteiger partial charge in [0.2, 0.25) is 0 Å². The second-order valence-electron chi connectivity index (χ2n) is 5.59. The molecule has 1 aromatic heterocycles. The molecule has 0 radical (unpaired) electrons. The lowest BCUT2D eigenvalue weighted by Gasteiger charge is -2.06. The van der Waals surface area contributed by atoms with Crippen LogP contribution in [0.5, 0.6) is 0 Å². The second kappa shape index (κ2) is 6.93. The van der Waals surface area contributed by atoms with Crippen LogP contribution in [0.1, 0.15) is 11.3 Å². The molecule has 0 aliphatic rings. The van der Waals surface area contributed by atoms with Gasteiger partial charge in [-0.1, -0.05) is 23.7 Å². The van der Waals surface area contributed by atoms with Gasteiger partial charge in [-0.15, -0.1) is 5.11 Å². The molecule has 9 heteroatoms. The molecule has 0 bridgehead atoms. The normalized spacial score (nSPS) is 11.2. The molecule has 0 saturated heterocycles. The molecule has 0 aliphatic carbocycles. The van der Waals surface area contributed by atoms with Gasteiger partial charge in [0, 0.05) is 17.2 Å². The second-order valence-corrected chi connectivity index (χ2v) is 5.99. The number of benzene rings is 2. The van der Waals surface area contributed by atoms with Gasteiger partial charge in [-0.25, -0.2) is 4.68 Å². The molecule has 3 aromatic rings. The topological polar surface area (TPSA) is 106 Å². The Morgan fingerprint density at radius 1 is 1.15 bits per heavy atom. The molecular weight excluding hydrogens is 358 g/mol. The van der Waals surface area contributed by atoms with E-state index in [0.717, 1.165) is 5.56 Å². The number of aromatic nitrogens is 2. The van der Waals surface area contributed by atoms with Gasteiger partial charge in [0.25, 0.3) is 11.2 Å². The highest BCUT2D eigenvalue weighted by molar-refractivity contribution is 6.31. The van der Waals surface area contributed by atoms with Gasteiger partial charge in [0.05, 0.1) is 22.0 Å². The Morgan fingerprint density at radius 3 is 2.62 bits per heavy atom. The summed E-state index contributed by atoms with van der Waals surface area (Å²) in [6.07, 6.45) is 0. The first-order chi connectivity index (χ1) is 12.4. The number of nitro benzene ring substituents is 1. The summed E-state index contributed by atoms with van der Waals surface area (Å²) in [7, 11) is 0. The number of azo groups is 1. The van der Waals surface area contributed by atoms with Crippen molar-refractivity contribution in [2.45, 2.75) is 13.8 Å². The Hall–Kier alpha value is -3.26. The molecule has 132 valence electrons. The molecule has 1 N–H and O–H groups in total. The highest BCUT2D eigenvalue weighted by Gasteiger charge is 2.14. The van der Waals surface area contributed by atoms with Crippen molar-refractivity contribution in [3.05, 3.63) is 79.2 Å². The first kappa shape index (κ1) is 17.6. The minimum absolute atomic E-state index is 0.0980. The number of hydrogen-bond acceptors (Lipinski definition) is 5. The third-order valence-electron chi connectivity index (χ3n) is 3.83. The Labute approximate surface area is 152 Å². The van der Waals surface area contributed by atoms with E-state index in [9.17, 15) is 14.9 Å². The molecule has 0 amide bonds. The molecule has 8 nitrogen and oxygen atoms in total. The number of nitrogens with zero attached hydrogens (tertiary/aromatic N) is 4. The Morgan fingerprint density at radius 2 is 1.88 bits per heavy atom. The average molecular weight is 372 g/mol. The minimum atomic E-state index is -0.518. The molecular formula is C17H14ClN5O3. The van der Waals surface area contributed by atoms with E-state index in [0.29, 0.717) is 16.4 Å². The van der Waals surface area contributed by atoms with Crippen LogP contribution in [0, 0.1) is 24.0 Å². The van der Waals surface area contributed by atoms with E-state index in [-0.39, 0.29) is 22.6 Å². The molecule has 1 heterocycles. The van der Waals surface area contributed by atoms with Crippen molar-refractivity contribution in [1.82, 2.24) is 9.78 Å². The van der Waals surface area contributed by atoms with Gasteiger partial charge in [0.1, 0.15) is 0 Å². The van der Waals surface area contributed by atoms with E-state index in [2.05, 4.69) is 15.3 Å². The Bertz CT molecular complexity index is 1080. The van der Waals surface area contributed by atoms with Crippen molar-refractivity contribution in [3.8, 4) is 5.69 Å². The number of H-pyrrole nitrogens is 1. The summed E-state index contributed by atoms with van der Waals surface area (Å²) >= 11 is 6.12. The molecule has 0 atom stereocenters. The lowest BCUT2D eigenvalue weighted by atomic mass is 10.2. The molecule has 0 spiro atoms. The van der Waals surface area contributed by atoms with Crippen molar-refractivity contribution in [3.63, 3.8) is 0 Å². The van der Waals surface area contributed by atoms with Crippen LogP contribution >= 0.6 is 11.6 Å². The van der Waals surface area contributed by atoms with Crippen molar-refractivity contribution >= 4 is 28.7 Å². The summed E-state index contributed by atoms with van der Waals surface area (Å²) in [5.41, 5.74) is 1.80. The lowest BCUT2D eigenvalue weighted by Crippen LogP contribution is -2.15. The van der Waals surface area contributed by atoms with Crippen LogP contribution in [-0.4, -0.2) is 14.7 Å². The fraction of sp³-hybridized carbons (Fsp3) is 0.118. The molecule has 2 aromatic carbocycles. The van der Waals surface area contributed by atoms with Crippen molar-refractivity contribution in [1.29, 1.82) is 0 Å². The highest BCUT2D eigenvalue weighted by atomic mass is 35.5. The van der Waals surface area contributed by atoms with Gasteiger partial charge < -0.3 is 0 Å². The van der Waals surface area contributed by atoms with Crippen molar-refractivity contribution in [2.75, 3.05) is 0 Å². The van der Waals surface area contributed by atoms with Gasteiger partial charge in [-0.2, -0.15) is 5.11 Å². The Balaban J connectivity index is 2.01. The zero-order valence-corrected chi connectivity index (χ0v) is 14.7. The van der Waals surface area contributed by atoms with E-state index in [1.165, 1.54) is 22.9 Å². The van der Waals surface area contributed by atoms with Crippen LogP contribution in [-0.2, 0) is 0 Å². The summed E-state index contributed by atoms with van der Waals surface area (Å²) in [5.74, 6) is 0. The quantitative estimate of drug-likeness (QED) is 0.406. The van der Waals surface area contributed by atoms with E-state index in [1.807, 2.05) is 6.92 Å². The maximum Gasteiger partial charge on any atom is 0.299 e. The fourth-order valence-corrected chi connectivity index (χ4v) is 2.61. The van der Waals surface area contributed by atoms with Crippen molar-refractivity contribution in [2.24, 2.45) is 10.2 Å². The van der Waals surface area contributed by atoms with Crippen LogP contribution in [0.4, 0.5) is 17.1 Å². The molecule has 0 aliphatic heterocycles. The zero-order chi connectivity index (χ0) is 18.8. The summed E-state index contributed by atoms with van der Waals surface area (Å²) in [6, 6.07) is 11.0. The number of non-ortho nitro benzene ring substituents is 1.